The molecular formula is C14H19NO2. The highest BCUT2D eigenvalue weighted by Crippen LogP contribution is 2.32. The Kier molecular flexibility index (Phi) is 2.91. The van der Waals surface area contributed by atoms with Gasteiger partial charge in [0.1, 0.15) is 5.76 Å². The van der Waals surface area contributed by atoms with Crippen molar-refractivity contribution in [1.29, 1.82) is 0 Å². The molecule has 2 aliphatic rings. The molecule has 1 N–H and O–H groups in total. The summed E-state index contributed by atoms with van der Waals surface area (Å²) in [6, 6.07) is 2.19. The Hall–Kier alpha value is -1.25. The lowest BCUT2D eigenvalue weighted by Gasteiger charge is -2.24. The van der Waals surface area contributed by atoms with Gasteiger partial charge in [0, 0.05) is 17.9 Å². The number of hydrogen-bond donors (Lipinski definition) is 1. The summed E-state index contributed by atoms with van der Waals surface area (Å²) in [6.07, 6.45) is 9.46. The topological polar surface area (TPSA) is 42.2 Å². The van der Waals surface area contributed by atoms with Gasteiger partial charge >= 0.3 is 0 Å². The van der Waals surface area contributed by atoms with Gasteiger partial charge in [-0.25, -0.2) is 0 Å². The van der Waals surface area contributed by atoms with E-state index >= 15 is 0 Å². The average molecular weight is 233 g/mol. The second-order valence-electron chi connectivity index (χ2n) is 5.23. The number of carbonyl (C=O) groups is 1. The molecule has 1 amide bonds. The summed E-state index contributed by atoms with van der Waals surface area (Å²) in [5, 5.41) is 3.20. The van der Waals surface area contributed by atoms with Gasteiger partial charge in [0.2, 0.25) is 5.91 Å². The molecule has 0 aliphatic heterocycles. The summed E-state index contributed by atoms with van der Waals surface area (Å²) in [5.74, 6) is 1.57. The molecule has 0 saturated heterocycles. The van der Waals surface area contributed by atoms with Gasteiger partial charge in [-0.3, -0.25) is 4.79 Å². The lowest BCUT2D eigenvalue weighted by molar-refractivity contribution is -0.125. The zero-order chi connectivity index (χ0) is 11.7. The third-order valence-corrected chi connectivity index (χ3v) is 4.09. The SMILES string of the molecule is O=C(N[C@H]1CCCc2occc21)C1CCCC1. The van der Waals surface area contributed by atoms with Gasteiger partial charge in [-0.05, 0) is 31.7 Å². The van der Waals surface area contributed by atoms with Crippen molar-refractivity contribution in [1.82, 2.24) is 5.32 Å². The van der Waals surface area contributed by atoms with Crippen molar-refractivity contribution < 1.29 is 9.21 Å². The van der Waals surface area contributed by atoms with E-state index in [4.69, 9.17) is 4.42 Å². The molecule has 3 rings (SSSR count). The van der Waals surface area contributed by atoms with Crippen molar-refractivity contribution >= 4 is 5.91 Å². The molecule has 1 aromatic heterocycles. The van der Waals surface area contributed by atoms with Crippen molar-refractivity contribution in [2.75, 3.05) is 0 Å². The molecule has 0 radical (unpaired) electrons. The number of carbonyl (C=O) groups excluding carboxylic acids is 1. The van der Waals surface area contributed by atoms with Gasteiger partial charge in [-0.15, -0.1) is 0 Å². The first-order valence-electron chi connectivity index (χ1n) is 6.71. The smallest absolute Gasteiger partial charge is 0.223 e. The molecule has 0 bridgehead atoms. The van der Waals surface area contributed by atoms with E-state index < -0.39 is 0 Å². The molecule has 0 spiro atoms. The van der Waals surface area contributed by atoms with E-state index in [0.29, 0.717) is 0 Å². The van der Waals surface area contributed by atoms with Gasteiger partial charge in [-0.2, -0.15) is 0 Å². The number of aryl methyl sites for hydroxylation is 1. The fourth-order valence-electron chi connectivity index (χ4n) is 3.11. The largest absolute Gasteiger partial charge is 0.469 e. The van der Waals surface area contributed by atoms with Crippen LogP contribution in [0.4, 0.5) is 0 Å². The minimum atomic E-state index is 0.186. The van der Waals surface area contributed by atoms with Gasteiger partial charge in [0.25, 0.3) is 0 Å². The third-order valence-electron chi connectivity index (χ3n) is 4.09. The van der Waals surface area contributed by atoms with Crippen LogP contribution in [0.15, 0.2) is 16.7 Å². The molecule has 1 heterocycles. The number of furan rings is 1. The fourth-order valence-corrected chi connectivity index (χ4v) is 3.11. The van der Waals surface area contributed by atoms with Crippen LogP contribution < -0.4 is 5.32 Å². The molecule has 1 saturated carbocycles. The monoisotopic (exact) mass is 233 g/mol. The summed E-state index contributed by atoms with van der Waals surface area (Å²) in [5.41, 5.74) is 1.20. The molecule has 1 aromatic rings. The lowest BCUT2D eigenvalue weighted by Crippen LogP contribution is -2.34. The van der Waals surface area contributed by atoms with Gasteiger partial charge in [0.15, 0.2) is 0 Å². The minimum Gasteiger partial charge on any atom is -0.469 e. The molecule has 2 aliphatic carbocycles. The summed E-state index contributed by atoms with van der Waals surface area (Å²) in [6.45, 7) is 0. The Bertz CT molecular complexity index is 404. The normalized spacial score (nSPS) is 24.6. The molecular weight excluding hydrogens is 214 g/mol. The van der Waals surface area contributed by atoms with E-state index in [2.05, 4.69) is 5.32 Å². The van der Waals surface area contributed by atoms with Crippen molar-refractivity contribution in [3.05, 3.63) is 23.7 Å². The number of hydrogen-bond acceptors (Lipinski definition) is 2. The van der Waals surface area contributed by atoms with Crippen LogP contribution in [0, 0.1) is 5.92 Å². The summed E-state index contributed by atoms with van der Waals surface area (Å²) in [7, 11) is 0. The summed E-state index contributed by atoms with van der Waals surface area (Å²) < 4.78 is 5.44. The van der Waals surface area contributed by atoms with Crippen molar-refractivity contribution in [3.8, 4) is 0 Å². The van der Waals surface area contributed by atoms with Crippen molar-refractivity contribution in [3.63, 3.8) is 0 Å². The third kappa shape index (κ3) is 2.11. The van der Waals surface area contributed by atoms with E-state index in [0.717, 1.165) is 37.9 Å². The highest BCUT2D eigenvalue weighted by atomic mass is 16.3. The van der Waals surface area contributed by atoms with Crippen LogP contribution in [0.25, 0.3) is 0 Å². The Morgan fingerprint density at radius 3 is 2.88 bits per heavy atom. The molecule has 0 aromatic carbocycles. The van der Waals surface area contributed by atoms with Crippen LogP contribution in [0.5, 0.6) is 0 Å². The molecule has 0 unspecified atom stereocenters. The molecule has 3 nitrogen and oxygen atoms in total. The molecule has 92 valence electrons. The first kappa shape index (κ1) is 10.9. The second-order valence-corrected chi connectivity index (χ2v) is 5.23. The first-order valence-corrected chi connectivity index (χ1v) is 6.71. The maximum absolute atomic E-state index is 12.1. The van der Waals surface area contributed by atoms with Gasteiger partial charge in [-0.1, -0.05) is 12.8 Å². The highest BCUT2D eigenvalue weighted by molar-refractivity contribution is 5.79. The predicted octanol–water partition coefficient (Wildman–Crippen LogP) is 2.96. The zero-order valence-corrected chi connectivity index (χ0v) is 10.1. The van der Waals surface area contributed by atoms with Crippen molar-refractivity contribution in [2.24, 2.45) is 5.92 Å². The number of rotatable bonds is 2. The Morgan fingerprint density at radius 1 is 1.24 bits per heavy atom. The molecule has 17 heavy (non-hydrogen) atoms. The van der Waals surface area contributed by atoms with Crippen LogP contribution in [0.3, 0.4) is 0 Å². The van der Waals surface area contributed by atoms with Crippen molar-refractivity contribution in [2.45, 2.75) is 51.0 Å². The van der Waals surface area contributed by atoms with E-state index in [1.54, 1.807) is 6.26 Å². The van der Waals surface area contributed by atoms with Crippen LogP contribution in [0.1, 0.15) is 55.9 Å². The zero-order valence-electron chi connectivity index (χ0n) is 10.1. The molecule has 3 heteroatoms. The lowest BCUT2D eigenvalue weighted by atomic mass is 9.93. The highest BCUT2D eigenvalue weighted by Gasteiger charge is 2.28. The van der Waals surface area contributed by atoms with Crippen LogP contribution >= 0.6 is 0 Å². The van der Waals surface area contributed by atoms with Gasteiger partial charge < -0.3 is 9.73 Å². The minimum absolute atomic E-state index is 0.186. The molecule has 1 atom stereocenters. The number of amides is 1. The van der Waals surface area contributed by atoms with Crippen LogP contribution in [0.2, 0.25) is 0 Å². The fraction of sp³-hybridized carbons (Fsp3) is 0.643. The first-order chi connectivity index (χ1) is 8.34. The van der Waals surface area contributed by atoms with Crippen LogP contribution in [-0.4, -0.2) is 5.91 Å². The second kappa shape index (κ2) is 4.55. The van der Waals surface area contributed by atoms with E-state index in [1.807, 2.05) is 6.07 Å². The maximum Gasteiger partial charge on any atom is 0.223 e. The van der Waals surface area contributed by atoms with E-state index in [-0.39, 0.29) is 17.9 Å². The Labute approximate surface area is 102 Å². The Balaban J connectivity index is 1.68. The number of nitrogens with one attached hydrogen (secondary N) is 1. The van der Waals surface area contributed by atoms with E-state index in [9.17, 15) is 4.79 Å². The Morgan fingerprint density at radius 2 is 2.06 bits per heavy atom. The summed E-state index contributed by atoms with van der Waals surface area (Å²) >= 11 is 0. The van der Waals surface area contributed by atoms with E-state index in [1.165, 1.54) is 18.4 Å². The standard InChI is InChI=1S/C14H19NO2/c16-14(10-4-1-2-5-10)15-12-6-3-7-13-11(12)8-9-17-13/h8-10,12H,1-7H2,(H,15,16)/t12-/m0/s1. The van der Waals surface area contributed by atoms with Crippen LogP contribution in [-0.2, 0) is 11.2 Å². The maximum atomic E-state index is 12.1. The summed E-state index contributed by atoms with van der Waals surface area (Å²) in [4.78, 5) is 12.1. The van der Waals surface area contributed by atoms with Gasteiger partial charge in [0.05, 0.1) is 12.3 Å². The number of fused-ring (bicyclic) bond motifs is 1. The predicted molar refractivity (Wildman–Crippen MR) is 64.5 cm³/mol. The quantitative estimate of drug-likeness (QED) is 0.853. The molecule has 1 fully saturated rings. The average Bonchev–Trinajstić information content (AvgIpc) is 3.00.